The van der Waals surface area contributed by atoms with E-state index in [1.807, 2.05) is 13.8 Å². The predicted molar refractivity (Wildman–Crippen MR) is 84.1 cm³/mol. The fourth-order valence-electron chi connectivity index (χ4n) is 1.62. The number of carbonyl (C=O) groups is 2. The molecule has 1 aromatic rings. The first-order chi connectivity index (χ1) is 10.5. The highest BCUT2D eigenvalue weighted by Gasteiger charge is 2.16. The van der Waals surface area contributed by atoms with E-state index in [1.54, 1.807) is 6.07 Å². The van der Waals surface area contributed by atoms with Crippen molar-refractivity contribution in [2.24, 2.45) is 0 Å². The van der Waals surface area contributed by atoms with Crippen LogP contribution in [0.2, 0.25) is 5.02 Å². The summed E-state index contributed by atoms with van der Waals surface area (Å²) in [5, 5.41) is 8.88. The van der Waals surface area contributed by atoms with Crippen molar-refractivity contribution in [2.45, 2.75) is 26.7 Å². The van der Waals surface area contributed by atoms with Gasteiger partial charge in [0.25, 0.3) is 0 Å². The van der Waals surface area contributed by atoms with Crippen molar-refractivity contribution in [3.8, 4) is 11.5 Å². The van der Waals surface area contributed by atoms with Crippen LogP contribution >= 0.6 is 11.6 Å². The summed E-state index contributed by atoms with van der Waals surface area (Å²) in [7, 11) is 0. The van der Waals surface area contributed by atoms with Crippen molar-refractivity contribution in [1.29, 1.82) is 0 Å². The summed E-state index contributed by atoms with van der Waals surface area (Å²) in [6, 6.07) is 3.00. The number of hydrogen-bond acceptors (Lipinski definition) is 4. The summed E-state index contributed by atoms with van der Waals surface area (Å²) in [5.74, 6) is -0.915. The number of allylic oxidation sites excluding steroid dienone is 1. The molecule has 0 unspecified atom stereocenters. The van der Waals surface area contributed by atoms with Gasteiger partial charge in [0.2, 0.25) is 0 Å². The van der Waals surface area contributed by atoms with Crippen LogP contribution in [0.1, 0.15) is 37.0 Å². The molecular weight excluding hydrogens is 308 g/mol. The molecule has 0 aliphatic heterocycles. The Morgan fingerprint density at radius 3 is 2.23 bits per heavy atom. The normalized spacial score (nSPS) is 10.7. The van der Waals surface area contributed by atoms with Gasteiger partial charge in [0.1, 0.15) is 11.5 Å². The Hall–Kier alpha value is -2.01. The first-order valence-corrected chi connectivity index (χ1v) is 7.41. The predicted octanol–water partition coefficient (Wildman–Crippen LogP) is 3.74. The number of hydrogen-bond donors (Lipinski definition) is 1. The summed E-state index contributed by atoms with van der Waals surface area (Å²) in [5.41, 5.74) is 0.208. The zero-order valence-corrected chi connectivity index (χ0v) is 13.4. The van der Waals surface area contributed by atoms with Crippen LogP contribution in [0.3, 0.4) is 0 Å². The maximum atomic E-state index is 12.1. The van der Waals surface area contributed by atoms with E-state index in [4.69, 9.17) is 26.2 Å². The van der Waals surface area contributed by atoms with Crippen molar-refractivity contribution in [3.63, 3.8) is 0 Å². The van der Waals surface area contributed by atoms with Gasteiger partial charge < -0.3 is 14.6 Å². The number of ether oxygens (including phenoxy) is 2. The average Bonchev–Trinajstić information content (AvgIpc) is 2.49. The van der Waals surface area contributed by atoms with Crippen LogP contribution in [-0.4, -0.2) is 30.1 Å². The van der Waals surface area contributed by atoms with Gasteiger partial charge in [0, 0.05) is 12.1 Å². The van der Waals surface area contributed by atoms with Gasteiger partial charge in [-0.1, -0.05) is 25.4 Å². The molecule has 0 saturated carbocycles. The molecule has 0 aliphatic carbocycles. The van der Waals surface area contributed by atoms with Crippen LogP contribution in [0.15, 0.2) is 24.3 Å². The first-order valence-electron chi connectivity index (χ1n) is 7.04. The first kappa shape index (κ1) is 18.0. The summed E-state index contributed by atoms with van der Waals surface area (Å²) in [4.78, 5) is 22.6. The lowest BCUT2D eigenvalue weighted by Crippen LogP contribution is -2.05. The standard InChI is InChI=1S/C16H19ClO5/c1-3-7-21-14-10-15(22-8-4-2)12(17)9-11(14)13(18)5-6-16(19)20/h5-6,9-10H,3-4,7-8H2,1-2H3,(H,19,20)/b6-5+. The van der Waals surface area contributed by atoms with Crippen molar-refractivity contribution in [3.05, 3.63) is 34.9 Å². The molecule has 0 saturated heterocycles. The molecular formula is C16H19ClO5. The van der Waals surface area contributed by atoms with Crippen LogP contribution in [-0.2, 0) is 4.79 Å². The van der Waals surface area contributed by atoms with Crippen LogP contribution in [0, 0.1) is 0 Å². The van der Waals surface area contributed by atoms with Crippen molar-refractivity contribution < 1.29 is 24.2 Å². The zero-order chi connectivity index (χ0) is 16.5. The number of carboxylic acids is 1. The Labute approximate surface area is 134 Å². The summed E-state index contributed by atoms with van der Waals surface area (Å²) < 4.78 is 11.1. The second-order valence-electron chi connectivity index (χ2n) is 4.51. The lowest BCUT2D eigenvalue weighted by Gasteiger charge is -2.13. The second-order valence-corrected chi connectivity index (χ2v) is 4.92. The SMILES string of the molecule is CCCOc1cc(OCCC)c(C(=O)/C=C/C(=O)O)cc1Cl. The quantitative estimate of drug-likeness (QED) is 0.552. The third-order valence-corrected chi connectivity index (χ3v) is 2.90. The molecule has 1 N–H and O–H groups in total. The van der Waals surface area contributed by atoms with Crippen LogP contribution in [0.4, 0.5) is 0 Å². The van der Waals surface area contributed by atoms with Gasteiger partial charge in [-0.05, 0) is 25.0 Å². The Morgan fingerprint density at radius 2 is 1.68 bits per heavy atom. The number of carbonyl (C=O) groups excluding carboxylic acids is 1. The average molecular weight is 327 g/mol. The molecule has 0 aliphatic rings. The van der Waals surface area contributed by atoms with Crippen LogP contribution in [0.25, 0.3) is 0 Å². The Kier molecular flexibility index (Phi) is 7.46. The third-order valence-electron chi connectivity index (χ3n) is 2.60. The minimum absolute atomic E-state index is 0.208. The molecule has 0 heterocycles. The molecule has 0 spiro atoms. The fourth-order valence-corrected chi connectivity index (χ4v) is 1.84. The van der Waals surface area contributed by atoms with Crippen molar-refractivity contribution in [1.82, 2.24) is 0 Å². The monoisotopic (exact) mass is 326 g/mol. The lowest BCUT2D eigenvalue weighted by molar-refractivity contribution is -0.131. The van der Waals surface area contributed by atoms with E-state index >= 15 is 0 Å². The molecule has 120 valence electrons. The maximum absolute atomic E-state index is 12.1. The number of benzene rings is 1. The van der Waals surface area contributed by atoms with E-state index in [-0.39, 0.29) is 10.6 Å². The zero-order valence-electron chi connectivity index (χ0n) is 12.6. The minimum Gasteiger partial charge on any atom is -0.493 e. The Morgan fingerprint density at radius 1 is 1.09 bits per heavy atom. The molecule has 0 aromatic heterocycles. The highest BCUT2D eigenvalue weighted by molar-refractivity contribution is 6.32. The smallest absolute Gasteiger partial charge is 0.328 e. The van der Waals surface area contributed by atoms with Gasteiger partial charge in [-0.15, -0.1) is 0 Å². The van der Waals surface area contributed by atoms with Gasteiger partial charge in [-0.25, -0.2) is 4.79 Å². The molecule has 0 radical (unpaired) electrons. The van der Waals surface area contributed by atoms with E-state index in [9.17, 15) is 9.59 Å². The Bertz CT molecular complexity index is 566. The number of carboxylic acid groups (broad SMARTS) is 1. The van der Waals surface area contributed by atoms with Gasteiger partial charge in [-0.3, -0.25) is 4.79 Å². The van der Waals surface area contributed by atoms with Crippen LogP contribution < -0.4 is 9.47 Å². The summed E-state index contributed by atoms with van der Waals surface area (Å²) in [6.07, 6.45) is 3.34. The topological polar surface area (TPSA) is 72.8 Å². The van der Waals surface area contributed by atoms with E-state index in [0.29, 0.717) is 24.7 Å². The number of aliphatic carboxylic acids is 1. The highest BCUT2D eigenvalue weighted by Crippen LogP contribution is 2.33. The molecule has 1 aromatic carbocycles. The molecule has 22 heavy (non-hydrogen) atoms. The number of ketones is 1. The maximum Gasteiger partial charge on any atom is 0.328 e. The highest BCUT2D eigenvalue weighted by atomic mass is 35.5. The fraction of sp³-hybridized carbons (Fsp3) is 0.375. The lowest BCUT2D eigenvalue weighted by atomic mass is 10.1. The summed E-state index contributed by atoms with van der Waals surface area (Å²) in [6.45, 7) is 4.84. The van der Waals surface area contributed by atoms with Crippen molar-refractivity contribution >= 4 is 23.4 Å². The van der Waals surface area contributed by atoms with Crippen LogP contribution in [0.5, 0.6) is 11.5 Å². The van der Waals surface area contributed by atoms with E-state index < -0.39 is 11.8 Å². The molecule has 0 bridgehead atoms. The van der Waals surface area contributed by atoms with Gasteiger partial charge in [-0.2, -0.15) is 0 Å². The summed E-state index contributed by atoms with van der Waals surface area (Å²) >= 11 is 6.10. The van der Waals surface area contributed by atoms with E-state index in [2.05, 4.69) is 0 Å². The largest absolute Gasteiger partial charge is 0.493 e. The minimum atomic E-state index is -1.20. The Balaban J connectivity index is 3.15. The van der Waals surface area contributed by atoms with E-state index in [1.165, 1.54) is 6.07 Å². The van der Waals surface area contributed by atoms with Gasteiger partial charge in [0.05, 0.1) is 23.8 Å². The molecule has 1 rings (SSSR count). The third kappa shape index (κ3) is 5.41. The second kappa shape index (κ2) is 9.10. The molecule has 0 amide bonds. The number of rotatable bonds is 9. The molecule has 0 fully saturated rings. The van der Waals surface area contributed by atoms with Crippen molar-refractivity contribution in [2.75, 3.05) is 13.2 Å². The molecule has 5 nitrogen and oxygen atoms in total. The van der Waals surface area contributed by atoms with E-state index in [0.717, 1.165) is 25.0 Å². The molecule has 0 atom stereocenters. The molecule has 6 heteroatoms. The number of halogens is 1. The van der Waals surface area contributed by atoms with Gasteiger partial charge in [0.15, 0.2) is 5.78 Å². The van der Waals surface area contributed by atoms with Gasteiger partial charge >= 0.3 is 5.97 Å².